The van der Waals surface area contributed by atoms with Crippen LogP contribution in [-0.2, 0) is 22.4 Å². The van der Waals surface area contributed by atoms with Crippen LogP contribution in [0.2, 0.25) is 0 Å². The number of thiophene rings is 1. The third kappa shape index (κ3) is 3.65. The molecule has 0 N–H and O–H groups in total. The van der Waals surface area contributed by atoms with Crippen LogP contribution >= 0.6 is 11.3 Å². The van der Waals surface area contributed by atoms with Gasteiger partial charge in [-0.1, -0.05) is 0 Å². The van der Waals surface area contributed by atoms with Crippen LogP contribution in [0.25, 0.3) is 27.0 Å². The van der Waals surface area contributed by atoms with Crippen LogP contribution in [0.1, 0.15) is 68.3 Å². The molecule has 1 unspecified atom stereocenters. The molecule has 5 nitrogen and oxygen atoms in total. The summed E-state index contributed by atoms with van der Waals surface area (Å²) in [6, 6.07) is 4.15. The fourth-order valence-electron chi connectivity index (χ4n) is 4.80. The highest BCUT2D eigenvalue weighted by Crippen LogP contribution is 2.45. The summed E-state index contributed by atoms with van der Waals surface area (Å²) in [6.45, 7) is 9.61. The first-order chi connectivity index (χ1) is 15.2. The van der Waals surface area contributed by atoms with E-state index < -0.39 is 11.7 Å². The molecule has 0 spiro atoms. The molecule has 0 fully saturated rings. The monoisotopic (exact) mass is 447 g/mol. The molecule has 0 saturated carbocycles. The molecule has 1 aliphatic rings. The number of carbonyl (C=O) groups excluding carboxylic acids is 1. The van der Waals surface area contributed by atoms with Crippen molar-refractivity contribution in [3.8, 4) is 11.1 Å². The number of carbonyl (C=O) groups is 1. The van der Waals surface area contributed by atoms with Gasteiger partial charge in [0.15, 0.2) is 5.78 Å². The Morgan fingerprint density at radius 3 is 2.75 bits per heavy atom. The number of rotatable bonds is 4. The highest BCUT2D eigenvalue weighted by molar-refractivity contribution is 7.19. The summed E-state index contributed by atoms with van der Waals surface area (Å²) in [6.07, 6.45) is 9.80. The summed E-state index contributed by atoms with van der Waals surface area (Å²) in [5, 5.41) is 1.20. The van der Waals surface area contributed by atoms with Crippen molar-refractivity contribution in [1.82, 2.24) is 14.4 Å². The van der Waals surface area contributed by atoms with Gasteiger partial charge >= 0.3 is 0 Å². The van der Waals surface area contributed by atoms with E-state index in [1.165, 1.54) is 28.7 Å². The van der Waals surface area contributed by atoms with Crippen LogP contribution in [0.5, 0.6) is 0 Å². The predicted molar refractivity (Wildman–Crippen MR) is 129 cm³/mol. The zero-order chi connectivity index (χ0) is 22.6. The topological polar surface area (TPSA) is 56.5 Å². The molecule has 166 valence electrons. The van der Waals surface area contributed by atoms with Gasteiger partial charge in [-0.15, -0.1) is 11.3 Å². The molecule has 5 rings (SSSR count). The minimum Gasteiger partial charge on any atom is -0.360 e. The number of aryl methyl sites for hydroxylation is 3. The Bertz CT molecular complexity index is 1340. The first-order valence-electron chi connectivity index (χ1n) is 11.3. The van der Waals surface area contributed by atoms with E-state index in [0.29, 0.717) is 0 Å². The van der Waals surface area contributed by atoms with Crippen LogP contribution in [0, 0.1) is 6.92 Å². The van der Waals surface area contributed by atoms with Gasteiger partial charge in [0.1, 0.15) is 16.6 Å². The largest absolute Gasteiger partial charge is 0.360 e. The molecule has 4 aromatic heterocycles. The number of Topliss-reactive ketones (excluding diaryl/α,β-unsaturated/α-hetero) is 1. The Balaban J connectivity index is 1.87. The second-order valence-electron chi connectivity index (χ2n) is 9.71. The van der Waals surface area contributed by atoms with E-state index in [-0.39, 0.29) is 5.78 Å². The smallest absolute Gasteiger partial charge is 0.163 e. The van der Waals surface area contributed by atoms with Crippen molar-refractivity contribution < 1.29 is 9.53 Å². The number of aromatic nitrogens is 3. The maximum Gasteiger partial charge on any atom is 0.163 e. The second kappa shape index (κ2) is 7.78. The first kappa shape index (κ1) is 21.3. The molecular weight excluding hydrogens is 418 g/mol. The number of hydrogen-bond acceptors (Lipinski definition) is 5. The fourth-order valence-corrected chi connectivity index (χ4v) is 6.12. The van der Waals surface area contributed by atoms with Crippen molar-refractivity contribution in [2.45, 2.75) is 72.0 Å². The second-order valence-corrected chi connectivity index (χ2v) is 10.8. The van der Waals surface area contributed by atoms with E-state index in [2.05, 4.69) is 17.2 Å². The average molecular weight is 448 g/mol. The third-order valence-electron chi connectivity index (χ3n) is 6.11. The van der Waals surface area contributed by atoms with Gasteiger partial charge in [0.05, 0.1) is 5.60 Å². The number of ketones is 1. The highest BCUT2D eigenvalue weighted by atomic mass is 32.1. The normalized spacial score (nSPS) is 15.3. The SMILES string of the molecule is CC(=O)C(OC(C)(C)C)c1c(C)nc2sc3c(c2c1-c1ccc2nccn2c1)CCCC3. The molecule has 0 saturated heterocycles. The number of nitrogens with zero attached hydrogens (tertiary/aromatic N) is 3. The van der Waals surface area contributed by atoms with Crippen LogP contribution in [0.4, 0.5) is 0 Å². The maximum absolute atomic E-state index is 12.9. The summed E-state index contributed by atoms with van der Waals surface area (Å²) in [7, 11) is 0. The number of hydrogen-bond donors (Lipinski definition) is 0. The van der Waals surface area contributed by atoms with E-state index in [1.54, 1.807) is 13.1 Å². The Hall–Kier alpha value is -2.57. The molecule has 1 atom stereocenters. The lowest BCUT2D eigenvalue weighted by Crippen LogP contribution is -2.27. The summed E-state index contributed by atoms with van der Waals surface area (Å²) in [5.41, 5.74) is 5.76. The van der Waals surface area contributed by atoms with Gasteiger partial charge in [-0.05, 0) is 83.6 Å². The molecule has 0 aliphatic heterocycles. The standard InChI is InChI=1S/C26H29N3O2S/c1-15-21(24(16(2)30)31-26(3,4)5)22(17-10-11-20-27-12-13-29(20)14-17)23-18-8-6-7-9-19(18)32-25(23)28-15/h10-14,24H,6-9H2,1-5H3. The highest BCUT2D eigenvalue weighted by Gasteiger charge is 2.32. The van der Waals surface area contributed by atoms with Crippen LogP contribution in [0.15, 0.2) is 30.7 Å². The van der Waals surface area contributed by atoms with Gasteiger partial charge in [-0.25, -0.2) is 9.97 Å². The lowest BCUT2D eigenvalue weighted by molar-refractivity contribution is -0.138. The molecule has 0 amide bonds. The number of ether oxygens (including phenoxy) is 1. The Morgan fingerprint density at radius 2 is 2.00 bits per heavy atom. The summed E-state index contributed by atoms with van der Waals surface area (Å²) >= 11 is 1.81. The molecular formula is C26H29N3O2S. The molecule has 0 bridgehead atoms. The lowest BCUT2D eigenvalue weighted by atomic mass is 9.87. The first-order valence-corrected chi connectivity index (χ1v) is 12.1. The molecule has 32 heavy (non-hydrogen) atoms. The Labute approximate surface area is 192 Å². The van der Waals surface area contributed by atoms with Gasteiger partial charge in [0, 0.05) is 45.7 Å². The molecule has 4 heterocycles. The van der Waals surface area contributed by atoms with Crippen LogP contribution < -0.4 is 0 Å². The van der Waals surface area contributed by atoms with Crippen LogP contribution in [0.3, 0.4) is 0 Å². The maximum atomic E-state index is 12.9. The lowest BCUT2D eigenvalue weighted by Gasteiger charge is -2.29. The zero-order valence-corrected chi connectivity index (χ0v) is 20.2. The van der Waals surface area contributed by atoms with Gasteiger partial charge in [0.2, 0.25) is 0 Å². The molecule has 0 aromatic carbocycles. The number of pyridine rings is 2. The summed E-state index contributed by atoms with van der Waals surface area (Å²) < 4.78 is 8.40. The Kier molecular flexibility index (Phi) is 5.18. The van der Waals surface area contributed by atoms with Crippen molar-refractivity contribution in [2.75, 3.05) is 0 Å². The van der Waals surface area contributed by atoms with Crippen molar-refractivity contribution >= 4 is 33.0 Å². The molecule has 0 radical (unpaired) electrons. The third-order valence-corrected chi connectivity index (χ3v) is 7.30. The van der Waals surface area contributed by atoms with Crippen molar-refractivity contribution in [3.05, 3.63) is 52.4 Å². The van der Waals surface area contributed by atoms with Gasteiger partial charge in [-0.3, -0.25) is 4.79 Å². The molecule has 4 aromatic rings. The van der Waals surface area contributed by atoms with Gasteiger partial charge < -0.3 is 9.14 Å². The van der Waals surface area contributed by atoms with Crippen LogP contribution in [-0.4, -0.2) is 25.8 Å². The molecule has 1 aliphatic carbocycles. The predicted octanol–water partition coefficient (Wildman–Crippen LogP) is 6.24. The van der Waals surface area contributed by atoms with Gasteiger partial charge in [0.25, 0.3) is 0 Å². The van der Waals surface area contributed by atoms with Gasteiger partial charge in [-0.2, -0.15) is 0 Å². The summed E-state index contributed by atoms with van der Waals surface area (Å²) in [5.74, 6) is -0.00164. The van der Waals surface area contributed by atoms with E-state index in [9.17, 15) is 4.79 Å². The minimum absolute atomic E-state index is 0.00164. The van der Waals surface area contributed by atoms with E-state index in [1.807, 2.05) is 55.7 Å². The fraction of sp³-hybridized carbons (Fsp3) is 0.423. The minimum atomic E-state index is -0.667. The molecule has 6 heteroatoms. The zero-order valence-electron chi connectivity index (χ0n) is 19.4. The quantitative estimate of drug-likeness (QED) is 0.371. The van der Waals surface area contributed by atoms with Crippen molar-refractivity contribution in [2.24, 2.45) is 0 Å². The van der Waals surface area contributed by atoms with Crippen molar-refractivity contribution in [1.29, 1.82) is 0 Å². The average Bonchev–Trinajstić information content (AvgIpc) is 3.33. The number of imidazole rings is 1. The summed E-state index contributed by atoms with van der Waals surface area (Å²) in [4.78, 5) is 24.9. The van der Waals surface area contributed by atoms with E-state index in [0.717, 1.165) is 45.7 Å². The van der Waals surface area contributed by atoms with Crippen molar-refractivity contribution in [3.63, 3.8) is 0 Å². The van der Waals surface area contributed by atoms with E-state index >= 15 is 0 Å². The number of fused-ring (bicyclic) bond motifs is 4. The van der Waals surface area contributed by atoms with E-state index in [4.69, 9.17) is 9.72 Å². The Morgan fingerprint density at radius 1 is 1.22 bits per heavy atom.